The number of amides is 2. The van der Waals surface area contributed by atoms with Gasteiger partial charge in [0, 0.05) is 44.9 Å². The van der Waals surface area contributed by atoms with E-state index in [1.54, 1.807) is 39.5 Å². The highest BCUT2D eigenvalue weighted by molar-refractivity contribution is 5.95. The quantitative estimate of drug-likeness (QED) is 0.674. The first-order valence-corrected chi connectivity index (χ1v) is 11.4. The van der Waals surface area contributed by atoms with Crippen molar-refractivity contribution in [2.45, 2.75) is 25.8 Å². The zero-order valence-corrected chi connectivity index (χ0v) is 19.6. The van der Waals surface area contributed by atoms with Gasteiger partial charge in [0.1, 0.15) is 11.5 Å². The smallest absolute Gasteiger partial charge is 0.254 e. The van der Waals surface area contributed by atoms with Crippen molar-refractivity contribution in [2.24, 2.45) is 5.41 Å². The molecule has 2 aliphatic rings. The Bertz CT molecular complexity index is 991. The van der Waals surface area contributed by atoms with Gasteiger partial charge in [-0.25, -0.2) is 0 Å². The van der Waals surface area contributed by atoms with Crippen LogP contribution in [0.3, 0.4) is 0 Å². The number of fused-ring (bicyclic) bond motifs is 1. The van der Waals surface area contributed by atoms with Gasteiger partial charge in [-0.3, -0.25) is 9.59 Å². The second kappa shape index (κ2) is 9.83. The molecule has 0 aromatic heterocycles. The zero-order valence-electron chi connectivity index (χ0n) is 19.6. The first kappa shape index (κ1) is 23.1. The normalized spacial score (nSPS) is 17.5. The Morgan fingerprint density at radius 2 is 1.61 bits per heavy atom. The highest BCUT2D eigenvalue weighted by atomic mass is 16.5. The molecule has 1 spiro atoms. The van der Waals surface area contributed by atoms with Crippen LogP contribution >= 0.6 is 0 Å². The molecule has 0 radical (unpaired) electrons. The van der Waals surface area contributed by atoms with Gasteiger partial charge < -0.3 is 24.0 Å². The minimum Gasteiger partial charge on any atom is -0.497 e. The zero-order chi connectivity index (χ0) is 23.4. The van der Waals surface area contributed by atoms with Crippen molar-refractivity contribution >= 4 is 11.8 Å². The van der Waals surface area contributed by atoms with Crippen LogP contribution in [0.15, 0.2) is 42.5 Å². The molecule has 0 saturated carbocycles. The summed E-state index contributed by atoms with van der Waals surface area (Å²) in [5, 5.41) is 0. The Balaban J connectivity index is 1.55. The lowest BCUT2D eigenvalue weighted by Crippen LogP contribution is -2.51. The molecule has 0 N–H and O–H groups in total. The van der Waals surface area contributed by atoms with Gasteiger partial charge in [-0.05, 0) is 42.5 Å². The molecular formula is C26H32N2O5. The fourth-order valence-corrected chi connectivity index (χ4v) is 4.96. The van der Waals surface area contributed by atoms with E-state index < -0.39 is 5.41 Å². The number of methoxy groups -OCH3 is 3. The van der Waals surface area contributed by atoms with Gasteiger partial charge in [0.05, 0.1) is 26.2 Å². The molecule has 7 nitrogen and oxygen atoms in total. The number of piperidine rings is 1. The number of carbonyl (C=O) groups is 2. The molecule has 1 fully saturated rings. The molecule has 0 aliphatic carbocycles. The van der Waals surface area contributed by atoms with Crippen molar-refractivity contribution in [3.63, 3.8) is 0 Å². The van der Waals surface area contributed by atoms with Crippen LogP contribution in [0.4, 0.5) is 0 Å². The number of ether oxygens (including phenoxy) is 3. The molecule has 1 saturated heterocycles. The number of hydrogen-bond acceptors (Lipinski definition) is 5. The van der Waals surface area contributed by atoms with Gasteiger partial charge in [-0.1, -0.05) is 24.3 Å². The van der Waals surface area contributed by atoms with Crippen molar-refractivity contribution in [3.8, 4) is 11.5 Å². The Kier molecular flexibility index (Phi) is 6.88. The Hall–Kier alpha value is -3.06. The van der Waals surface area contributed by atoms with E-state index >= 15 is 0 Å². The average Bonchev–Trinajstić information content (AvgIpc) is 2.97. The Morgan fingerprint density at radius 1 is 0.970 bits per heavy atom. The standard InChI is InChI=1S/C26H32N2O5/c1-31-13-12-28-18-20-7-5-4-6-19(20)17-26(25(28)30)8-10-27(11-9-26)24(29)21-14-22(32-2)16-23(15-21)33-3/h4-7,14-16H,8-13,17-18H2,1-3H3. The fourth-order valence-electron chi connectivity index (χ4n) is 4.96. The number of rotatable bonds is 6. The van der Waals surface area contributed by atoms with Crippen LogP contribution in [0.1, 0.15) is 34.3 Å². The molecular weight excluding hydrogens is 420 g/mol. The third-order valence-corrected chi connectivity index (χ3v) is 6.92. The molecule has 33 heavy (non-hydrogen) atoms. The van der Waals surface area contributed by atoms with Crippen molar-refractivity contribution in [1.29, 1.82) is 0 Å². The van der Waals surface area contributed by atoms with Crippen molar-refractivity contribution in [3.05, 3.63) is 59.2 Å². The molecule has 0 unspecified atom stereocenters. The van der Waals surface area contributed by atoms with Crippen LogP contribution in [-0.2, 0) is 22.5 Å². The van der Waals surface area contributed by atoms with Crippen LogP contribution in [0.2, 0.25) is 0 Å². The van der Waals surface area contributed by atoms with E-state index in [0.717, 1.165) is 0 Å². The van der Waals surface area contributed by atoms with Gasteiger partial charge in [-0.2, -0.15) is 0 Å². The van der Waals surface area contributed by atoms with E-state index in [0.29, 0.717) is 69.1 Å². The van der Waals surface area contributed by atoms with E-state index in [2.05, 4.69) is 12.1 Å². The van der Waals surface area contributed by atoms with E-state index in [-0.39, 0.29) is 11.8 Å². The summed E-state index contributed by atoms with van der Waals surface area (Å²) in [4.78, 5) is 30.8. The summed E-state index contributed by atoms with van der Waals surface area (Å²) in [6, 6.07) is 13.5. The molecule has 0 atom stereocenters. The Labute approximate surface area is 195 Å². The lowest BCUT2D eigenvalue weighted by molar-refractivity contribution is -0.145. The van der Waals surface area contributed by atoms with E-state index in [1.807, 2.05) is 21.9 Å². The molecule has 4 rings (SSSR count). The molecule has 2 heterocycles. The monoisotopic (exact) mass is 452 g/mol. The molecule has 2 aliphatic heterocycles. The van der Waals surface area contributed by atoms with Gasteiger partial charge in [0.25, 0.3) is 5.91 Å². The SMILES string of the molecule is COCCN1Cc2ccccc2CC2(CCN(C(=O)c3cc(OC)cc(OC)c3)CC2)C1=O. The van der Waals surface area contributed by atoms with Gasteiger partial charge in [-0.15, -0.1) is 0 Å². The predicted molar refractivity (Wildman–Crippen MR) is 125 cm³/mol. The molecule has 176 valence electrons. The maximum absolute atomic E-state index is 13.7. The van der Waals surface area contributed by atoms with Gasteiger partial charge in [0.15, 0.2) is 0 Å². The first-order chi connectivity index (χ1) is 16.0. The summed E-state index contributed by atoms with van der Waals surface area (Å²) in [6.07, 6.45) is 1.98. The second-order valence-corrected chi connectivity index (χ2v) is 8.84. The second-order valence-electron chi connectivity index (χ2n) is 8.84. The number of hydrogen-bond donors (Lipinski definition) is 0. The predicted octanol–water partition coefficient (Wildman–Crippen LogP) is 3.16. The minimum atomic E-state index is -0.497. The highest BCUT2D eigenvalue weighted by Crippen LogP contribution is 2.41. The number of benzene rings is 2. The van der Waals surface area contributed by atoms with Crippen LogP contribution in [0, 0.1) is 5.41 Å². The average molecular weight is 453 g/mol. The topological polar surface area (TPSA) is 68.3 Å². The van der Waals surface area contributed by atoms with Gasteiger partial charge in [0.2, 0.25) is 5.91 Å². The van der Waals surface area contributed by atoms with E-state index in [4.69, 9.17) is 14.2 Å². The summed E-state index contributed by atoms with van der Waals surface area (Å²) in [7, 11) is 4.79. The van der Waals surface area contributed by atoms with Crippen LogP contribution in [-0.4, -0.2) is 69.2 Å². The summed E-state index contributed by atoms with van der Waals surface area (Å²) in [5.74, 6) is 1.26. The molecule has 2 aromatic carbocycles. The maximum Gasteiger partial charge on any atom is 0.254 e. The minimum absolute atomic E-state index is 0.0697. The first-order valence-electron chi connectivity index (χ1n) is 11.4. The van der Waals surface area contributed by atoms with E-state index in [1.165, 1.54) is 11.1 Å². The number of carbonyl (C=O) groups excluding carboxylic acids is 2. The summed E-state index contributed by atoms with van der Waals surface area (Å²) >= 11 is 0. The van der Waals surface area contributed by atoms with Crippen molar-refractivity contribution in [1.82, 2.24) is 9.80 Å². The highest BCUT2D eigenvalue weighted by Gasteiger charge is 2.46. The van der Waals surface area contributed by atoms with Crippen molar-refractivity contribution in [2.75, 3.05) is 47.6 Å². The van der Waals surface area contributed by atoms with Crippen LogP contribution < -0.4 is 9.47 Å². The largest absolute Gasteiger partial charge is 0.497 e. The third kappa shape index (κ3) is 4.69. The number of likely N-dealkylation sites (tertiary alicyclic amines) is 1. The lowest BCUT2D eigenvalue weighted by atomic mass is 9.72. The van der Waals surface area contributed by atoms with Crippen LogP contribution in [0.25, 0.3) is 0 Å². The summed E-state index contributed by atoms with van der Waals surface area (Å²) < 4.78 is 15.9. The summed E-state index contributed by atoms with van der Waals surface area (Å²) in [6.45, 7) is 2.74. The molecule has 0 bridgehead atoms. The molecule has 2 amide bonds. The summed E-state index contributed by atoms with van der Waals surface area (Å²) in [5.41, 5.74) is 2.45. The molecule has 2 aromatic rings. The third-order valence-electron chi connectivity index (χ3n) is 6.92. The van der Waals surface area contributed by atoms with E-state index in [9.17, 15) is 9.59 Å². The number of nitrogens with zero attached hydrogens (tertiary/aromatic N) is 2. The fraction of sp³-hybridized carbons (Fsp3) is 0.462. The maximum atomic E-state index is 13.7. The van der Waals surface area contributed by atoms with Gasteiger partial charge >= 0.3 is 0 Å². The lowest BCUT2D eigenvalue weighted by Gasteiger charge is -2.42. The Morgan fingerprint density at radius 3 is 2.21 bits per heavy atom. The van der Waals surface area contributed by atoms with Crippen LogP contribution in [0.5, 0.6) is 11.5 Å². The van der Waals surface area contributed by atoms with Crippen molar-refractivity contribution < 1.29 is 23.8 Å². The molecule has 7 heteroatoms.